The average molecular weight is 657 g/mol. The van der Waals surface area contributed by atoms with E-state index in [1.165, 1.54) is 36.3 Å². The maximum atomic E-state index is 9.93. The van der Waals surface area contributed by atoms with Gasteiger partial charge in [-0.15, -0.1) is 0 Å². The van der Waals surface area contributed by atoms with E-state index in [9.17, 15) is 16.9 Å². The minimum atomic E-state index is -11.2. The Hall–Kier alpha value is -2.67. The Morgan fingerprint density at radius 3 is 1.30 bits per heavy atom. The fraction of sp³-hybridized carbons (Fsp3) is 0. The van der Waals surface area contributed by atoms with Gasteiger partial charge < -0.3 is 0 Å². The molecule has 5 aromatic rings. The van der Waals surface area contributed by atoms with Crippen molar-refractivity contribution in [1.29, 1.82) is 0 Å². The molecule has 0 bridgehead atoms. The van der Waals surface area contributed by atoms with Crippen LogP contribution in [0.15, 0.2) is 141 Å². The molecular weight excluding hydrogens is 636 g/mol. The average Bonchev–Trinajstić information content (AvgIpc) is 3.34. The van der Waals surface area contributed by atoms with Crippen LogP contribution in [0, 0.1) is 0 Å². The molecule has 0 amide bonds. The summed E-state index contributed by atoms with van der Waals surface area (Å²) in [7, 11) is -0.118. The standard InChI is InChI=1S/C28H21S2.6FH.Sb/c1-4-10-22(11-5-1)23-16-18-24(19-17-23)27-20-21-29-28(27)30(25-12-6-2-7-13-25)26-14-8-3-9-15-26;;;;;;;/h1-21H;6*1H;/q+1;;;;;;;+5/p-6. The summed E-state index contributed by atoms with van der Waals surface area (Å²) in [6.45, 7) is 0. The van der Waals surface area contributed by atoms with Crippen molar-refractivity contribution < 1.29 is 16.9 Å². The summed E-state index contributed by atoms with van der Waals surface area (Å²) in [5, 5.41) is 2.22. The van der Waals surface area contributed by atoms with Gasteiger partial charge in [-0.25, -0.2) is 0 Å². The summed E-state index contributed by atoms with van der Waals surface area (Å²) < 4.78 is 61.0. The fourth-order valence-corrected chi connectivity index (χ4v) is 7.34. The van der Waals surface area contributed by atoms with E-state index in [2.05, 4.69) is 127 Å². The molecule has 0 saturated heterocycles. The molecule has 0 aliphatic rings. The largest absolute Gasteiger partial charge is 0.228 e. The summed E-state index contributed by atoms with van der Waals surface area (Å²) in [6.07, 6.45) is 0. The normalized spacial score (nSPS) is 13.3. The van der Waals surface area contributed by atoms with Gasteiger partial charge in [0, 0.05) is 5.56 Å². The van der Waals surface area contributed by atoms with Crippen LogP contribution in [-0.2, 0) is 10.9 Å². The molecule has 0 spiro atoms. The van der Waals surface area contributed by atoms with E-state index in [0.29, 0.717) is 0 Å². The van der Waals surface area contributed by atoms with Gasteiger partial charge in [0.1, 0.15) is 10.9 Å². The second kappa shape index (κ2) is 10.2. The molecule has 0 aliphatic heterocycles. The molecule has 9 heteroatoms. The molecule has 5 rings (SSSR count). The predicted octanol–water partition coefficient (Wildman–Crippen LogP) is 10.3. The van der Waals surface area contributed by atoms with Gasteiger partial charge in [0.15, 0.2) is 9.79 Å². The maximum Gasteiger partial charge on any atom is 0.228 e. The second-order valence-electron chi connectivity index (χ2n) is 7.96. The molecule has 0 N–H and O–H groups in total. The molecular formula is C28H21F6S2Sb. The molecule has 4 aromatic carbocycles. The third kappa shape index (κ3) is 8.70. The van der Waals surface area contributed by atoms with E-state index < -0.39 is 19.5 Å². The van der Waals surface area contributed by atoms with Gasteiger partial charge in [-0.2, -0.15) is 0 Å². The SMILES string of the molecule is [F][Sb-]([F])([F])([F])([F])[F].c1ccc(-c2ccc(-c3ccsc3[S+](c3ccccc3)c3ccccc3)cc2)cc1. The predicted molar refractivity (Wildman–Crippen MR) is 143 cm³/mol. The molecule has 0 nitrogen and oxygen atoms in total. The van der Waals surface area contributed by atoms with E-state index in [0.717, 1.165) is 0 Å². The minimum Gasteiger partial charge on any atom is -0.0929 e. The van der Waals surface area contributed by atoms with Gasteiger partial charge >= 0.3 is 36.4 Å². The van der Waals surface area contributed by atoms with Gasteiger partial charge in [-0.1, -0.05) is 102 Å². The summed E-state index contributed by atoms with van der Waals surface area (Å²) in [5.41, 5.74) is 5.11. The van der Waals surface area contributed by atoms with Crippen LogP contribution in [0.3, 0.4) is 0 Å². The van der Waals surface area contributed by atoms with Gasteiger partial charge in [0.25, 0.3) is 0 Å². The molecule has 0 fully saturated rings. The van der Waals surface area contributed by atoms with Gasteiger partial charge in [-0.05, 0) is 52.4 Å². The summed E-state index contributed by atoms with van der Waals surface area (Å²) in [6, 6.07) is 43.5. The Kier molecular flexibility index (Phi) is 7.57. The first-order chi connectivity index (χ1) is 17.3. The van der Waals surface area contributed by atoms with Crippen LogP contribution in [0.5, 0.6) is 0 Å². The number of thiophene rings is 1. The Morgan fingerprint density at radius 1 is 0.459 bits per heavy atom. The summed E-state index contributed by atoms with van der Waals surface area (Å²) in [5.74, 6) is 0. The van der Waals surface area contributed by atoms with Crippen molar-refractivity contribution in [2.75, 3.05) is 0 Å². The molecule has 0 unspecified atom stereocenters. The topological polar surface area (TPSA) is 0 Å². The Labute approximate surface area is 220 Å². The van der Waals surface area contributed by atoms with E-state index >= 15 is 0 Å². The van der Waals surface area contributed by atoms with Gasteiger partial charge in [-0.3, -0.25) is 0 Å². The van der Waals surface area contributed by atoms with Crippen LogP contribution < -0.4 is 0 Å². The van der Waals surface area contributed by atoms with Crippen LogP contribution in [0.2, 0.25) is 0 Å². The first-order valence-corrected chi connectivity index (χ1v) is 18.9. The van der Waals surface area contributed by atoms with E-state index in [-0.39, 0.29) is 10.9 Å². The first kappa shape index (κ1) is 27.4. The van der Waals surface area contributed by atoms with Gasteiger partial charge in [0.2, 0.25) is 4.21 Å². The van der Waals surface area contributed by atoms with Crippen LogP contribution in [0.4, 0.5) is 16.9 Å². The zero-order chi connectivity index (χ0) is 26.6. The first-order valence-electron chi connectivity index (χ1n) is 11.0. The maximum absolute atomic E-state index is 11.2. The number of hydrogen-bond donors (Lipinski definition) is 0. The smallest absolute Gasteiger partial charge is 0.0929 e. The van der Waals surface area contributed by atoms with Crippen LogP contribution >= 0.6 is 11.3 Å². The minimum absolute atomic E-state index is 0.118. The van der Waals surface area contributed by atoms with Crippen molar-refractivity contribution in [3.63, 3.8) is 0 Å². The molecule has 0 aliphatic carbocycles. The molecule has 0 radical (unpaired) electrons. The zero-order valence-corrected chi connectivity index (χ0v) is 23.3. The molecule has 0 atom stereocenters. The van der Waals surface area contributed by atoms with Crippen molar-refractivity contribution >= 4 is 41.7 Å². The Balaban J connectivity index is 0.000000405. The van der Waals surface area contributed by atoms with E-state index in [1.54, 1.807) is 0 Å². The second-order valence-corrected chi connectivity index (χ2v) is 16.6. The number of rotatable bonds is 5. The van der Waals surface area contributed by atoms with Crippen molar-refractivity contribution in [3.05, 3.63) is 127 Å². The molecule has 37 heavy (non-hydrogen) atoms. The molecule has 1 aromatic heterocycles. The van der Waals surface area contributed by atoms with E-state index in [4.69, 9.17) is 0 Å². The number of halogens is 6. The van der Waals surface area contributed by atoms with Crippen LogP contribution in [-0.4, -0.2) is 19.5 Å². The summed E-state index contributed by atoms with van der Waals surface area (Å²) >= 11 is -9.39. The monoisotopic (exact) mass is 656 g/mol. The fourth-order valence-electron chi connectivity index (χ4n) is 3.60. The summed E-state index contributed by atoms with van der Waals surface area (Å²) in [4.78, 5) is 2.71. The third-order valence-corrected chi connectivity index (χ3v) is 8.65. The van der Waals surface area contributed by atoms with Crippen molar-refractivity contribution in [1.82, 2.24) is 0 Å². The molecule has 0 saturated carbocycles. The van der Waals surface area contributed by atoms with Crippen LogP contribution in [0.1, 0.15) is 0 Å². The van der Waals surface area contributed by atoms with Crippen LogP contribution in [0.25, 0.3) is 22.3 Å². The van der Waals surface area contributed by atoms with E-state index in [1.807, 2.05) is 11.3 Å². The Morgan fingerprint density at radius 2 is 0.838 bits per heavy atom. The number of benzene rings is 4. The van der Waals surface area contributed by atoms with Gasteiger partial charge in [0.05, 0.1) is 0 Å². The molecule has 192 valence electrons. The van der Waals surface area contributed by atoms with Crippen molar-refractivity contribution in [3.8, 4) is 22.3 Å². The quantitative estimate of drug-likeness (QED) is 0.100. The molecule has 1 heterocycles. The van der Waals surface area contributed by atoms with Crippen molar-refractivity contribution in [2.24, 2.45) is 0 Å². The third-order valence-electron chi connectivity index (χ3n) is 5.08. The number of hydrogen-bond acceptors (Lipinski definition) is 1. The van der Waals surface area contributed by atoms with Crippen molar-refractivity contribution in [2.45, 2.75) is 14.0 Å². The Bertz CT molecular complexity index is 1390. The zero-order valence-electron chi connectivity index (χ0n) is 19.2.